The van der Waals surface area contributed by atoms with Gasteiger partial charge < -0.3 is 0 Å². The van der Waals surface area contributed by atoms with E-state index in [4.69, 9.17) is 0 Å². The Morgan fingerprint density at radius 2 is 1.78 bits per heavy atom. The standard InChI is InChI=1S/C21H13F5N4OS/c1-11-2-5-13(6-3-11)30-18(21(24,25)26)14(9-27-30)19(31)29-20-28-17(10-32-20)12-4-7-15(22)16(23)8-12/h2-10H,1H3,(H,28,29,31). The fourth-order valence-electron chi connectivity index (χ4n) is 2.95. The molecule has 2 heterocycles. The first-order valence-electron chi connectivity index (χ1n) is 9.08. The number of amides is 1. The Labute approximate surface area is 182 Å². The van der Waals surface area contributed by atoms with Gasteiger partial charge in [0.1, 0.15) is 0 Å². The van der Waals surface area contributed by atoms with E-state index < -0.39 is 35.0 Å². The maximum absolute atomic E-state index is 13.8. The van der Waals surface area contributed by atoms with Gasteiger partial charge in [-0.25, -0.2) is 18.4 Å². The number of halogens is 5. The SMILES string of the molecule is Cc1ccc(-n2ncc(C(=O)Nc3nc(-c4ccc(F)c(F)c4)cs3)c2C(F)(F)F)cc1. The number of aryl methyl sites for hydroxylation is 1. The fraction of sp³-hybridized carbons (Fsp3) is 0.0952. The van der Waals surface area contributed by atoms with E-state index in [0.717, 1.165) is 35.2 Å². The minimum Gasteiger partial charge on any atom is -0.298 e. The second kappa shape index (κ2) is 8.15. The molecule has 0 bridgehead atoms. The molecule has 4 rings (SSSR count). The van der Waals surface area contributed by atoms with Gasteiger partial charge in [-0.3, -0.25) is 10.1 Å². The molecule has 2 aromatic heterocycles. The van der Waals surface area contributed by atoms with Crippen LogP contribution in [0.15, 0.2) is 54.0 Å². The molecule has 0 aliphatic rings. The summed E-state index contributed by atoms with van der Waals surface area (Å²) in [5.74, 6) is -3.15. The maximum atomic E-state index is 13.8. The first-order chi connectivity index (χ1) is 15.1. The van der Waals surface area contributed by atoms with E-state index in [1.54, 1.807) is 19.1 Å². The molecule has 0 unspecified atom stereocenters. The van der Waals surface area contributed by atoms with Crippen molar-refractivity contribution in [3.05, 3.63) is 82.5 Å². The van der Waals surface area contributed by atoms with Gasteiger partial charge in [0.05, 0.1) is 23.1 Å². The van der Waals surface area contributed by atoms with Gasteiger partial charge >= 0.3 is 6.18 Å². The summed E-state index contributed by atoms with van der Waals surface area (Å²) in [6.07, 6.45) is -4.02. The van der Waals surface area contributed by atoms with Gasteiger partial charge in [0.15, 0.2) is 22.5 Å². The number of anilines is 1. The van der Waals surface area contributed by atoms with Gasteiger partial charge in [0.25, 0.3) is 5.91 Å². The quantitative estimate of drug-likeness (QED) is 0.385. The Bertz CT molecular complexity index is 1290. The van der Waals surface area contributed by atoms with Crippen LogP contribution in [0.2, 0.25) is 0 Å². The number of thiazole rings is 1. The Balaban J connectivity index is 1.63. The fourth-order valence-corrected chi connectivity index (χ4v) is 3.67. The molecule has 0 spiro atoms. The van der Waals surface area contributed by atoms with Crippen LogP contribution >= 0.6 is 11.3 Å². The van der Waals surface area contributed by atoms with Crippen molar-refractivity contribution in [3.8, 4) is 16.9 Å². The van der Waals surface area contributed by atoms with Crippen molar-refractivity contribution >= 4 is 22.4 Å². The van der Waals surface area contributed by atoms with Crippen LogP contribution < -0.4 is 5.32 Å². The highest BCUT2D eigenvalue weighted by Crippen LogP contribution is 2.34. The summed E-state index contributed by atoms with van der Waals surface area (Å²) >= 11 is 0.928. The van der Waals surface area contributed by atoms with Gasteiger partial charge in [-0.05, 0) is 37.3 Å². The zero-order chi connectivity index (χ0) is 23.0. The molecule has 0 fully saturated rings. The maximum Gasteiger partial charge on any atom is 0.434 e. The molecule has 0 radical (unpaired) electrons. The van der Waals surface area contributed by atoms with Crippen molar-refractivity contribution in [3.63, 3.8) is 0 Å². The lowest BCUT2D eigenvalue weighted by Crippen LogP contribution is -2.20. The average Bonchev–Trinajstić information content (AvgIpc) is 3.38. The number of hydrogen-bond acceptors (Lipinski definition) is 4. The number of nitrogens with one attached hydrogen (secondary N) is 1. The molecule has 5 nitrogen and oxygen atoms in total. The van der Waals surface area contributed by atoms with Crippen LogP contribution in [0.4, 0.5) is 27.1 Å². The molecular weight excluding hydrogens is 451 g/mol. The minimum atomic E-state index is -4.85. The van der Waals surface area contributed by atoms with Gasteiger partial charge in [-0.1, -0.05) is 17.7 Å². The van der Waals surface area contributed by atoms with Crippen LogP contribution in [0.3, 0.4) is 0 Å². The van der Waals surface area contributed by atoms with Gasteiger partial charge in [-0.2, -0.15) is 18.3 Å². The lowest BCUT2D eigenvalue weighted by Gasteiger charge is -2.12. The number of alkyl halides is 3. The van der Waals surface area contributed by atoms with E-state index in [2.05, 4.69) is 15.4 Å². The number of benzene rings is 2. The largest absolute Gasteiger partial charge is 0.434 e. The molecule has 0 aliphatic heterocycles. The summed E-state index contributed by atoms with van der Waals surface area (Å²) in [4.78, 5) is 16.7. The predicted molar refractivity (Wildman–Crippen MR) is 109 cm³/mol. The van der Waals surface area contributed by atoms with Crippen molar-refractivity contribution in [2.45, 2.75) is 13.1 Å². The number of hydrogen-bond donors (Lipinski definition) is 1. The molecule has 4 aromatic rings. The summed E-state index contributed by atoms with van der Waals surface area (Å²) in [5.41, 5.74) is -0.414. The van der Waals surface area contributed by atoms with E-state index >= 15 is 0 Å². The first kappa shape index (κ1) is 21.6. The summed E-state index contributed by atoms with van der Waals surface area (Å²) in [6.45, 7) is 1.79. The van der Waals surface area contributed by atoms with Crippen molar-refractivity contribution in [1.82, 2.24) is 14.8 Å². The second-order valence-corrected chi connectivity index (χ2v) is 7.63. The molecule has 32 heavy (non-hydrogen) atoms. The highest BCUT2D eigenvalue weighted by atomic mass is 32.1. The zero-order valence-electron chi connectivity index (χ0n) is 16.2. The van der Waals surface area contributed by atoms with Crippen LogP contribution in [-0.2, 0) is 6.18 Å². The number of carbonyl (C=O) groups excluding carboxylic acids is 1. The monoisotopic (exact) mass is 464 g/mol. The van der Waals surface area contributed by atoms with Crippen molar-refractivity contribution in [2.75, 3.05) is 5.32 Å². The van der Waals surface area contributed by atoms with Crippen LogP contribution in [0.5, 0.6) is 0 Å². The van der Waals surface area contributed by atoms with Gasteiger partial charge in [0.2, 0.25) is 0 Å². The van der Waals surface area contributed by atoms with Crippen LogP contribution in [-0.4, -0.2) is 20.7 Å². The smallest absolute Gasteiger partial charge is 0.298 e. The predicted octanol–water partition coefficient (Wildman–Crippen LogP) is 5.85. The Morgan fingerprint density at radius 1 is 1.06 bits per heavy atom. The van der Waals surface area contributed by atoms with E-state index in [9.17, 15) is 26.7 Å². The molecular formula is C21H13F5N4OS. The Morgan fingerprint density at radius 3 is 2.44 bits per heavy atom. The van der Waals surface area contributed by atoms with E-state index in [-0.39, 0.29) is 22.1 Å². The number of nitrogens with zero attached hydrogens (tertiary/aromatic N) is 3. The third-order valence-electron chi connectivity index (χ3n) is 4.50. The van der Waals surface area contributed by atoms with Gasteiger partial charge in [0, 0.05) is 10.9 Å². The number of rotatable bonds is 4. The highest BCUT2D eigenvalue weighted by molar-refractivity contribution is 7.14. The summed E-state index contributed by atoms with van der Waals surface area (Å²) in [5, 5.41) is 7.52. The van der Waals surface area contributed by atoms with Crippen LogP contribution in [0, 0.1) is 18.6 Å². The second-order valence-electron chi connectivity index (χ2n) is 6.77. The molecule has 0 atom stereocenters. The molecule has 0 saturated heterocycles. The average molecular weight is 464 g/mol. The Hall–Kier alpha value is -3.60. The molecule has 0 saturated carbocycles. The minimum absolute atomic E-state index is 0.00839. The first-order valence-corrected chi connectivity index (χ1v) is 9.96. The molecule has 11 heteroatoms. The summed E-state index contributed by atoms with van der Waals surface area (Å²) in [7, 11) is 0. The van der Waals surface area contributed by atoms with Crippen LogP contribution in [0.25, 0.3) is 16.9 Å². The lowest BCUT2D eigenvalue weighted by molar-refractivity contribution is -0.143. The summed E-state index contributed by atoms with van der Waals surface area (Å²) < 4.78 is 68.5. The highest BCUT2D eigenvalue weighted by Gasteiger charge is 2.40. The van der Waals surface area contributed by atoms with Crippen molar-refractivity contribution in [2.24, 2.45) is 0 Å². The lowest BCUT2D eigenvalue weighted by atomic mass is 10.2. The molecule has 164 valence electrons. The van der Waals surface area contributed by atoms with Crippen molar-refractivity contribution < 1.29 is 26.7 Å². The van der Waals surface area contributed by atoms with E-state index in [0.29, 0.717) is 4.68 Å². The summed E-state index contributed by atoms with van der Waals surface area (Å²) in [6, 6.07) is 9.36. The zero-order valence-corrected chi connectivity index (χ0v) is 17.1. The third-order valence-corrected chi connectivity index (χ3v) is 5.26. The molecule has 1 amide bonds. The van der Waals surface area contributed by atoms with E-state index in [1.807, 2.05) is 0 Å². The normalized spacial score (nSPS) is 11.6. The van der Waals surface area contributed by atoms with E-state index in [1.165, 1.54) is 23.6 Å². The Kier molecular flexibility index (Phi) is 5.51. The molecule has 2 aromatic carbocycles. The number of carbonyl (C=O) groups is 1. The van der Waals surface area contributed by atoms with Crippen molar-refractivity contribution in [1.29, 1.82) is 0 Å². The third kappa shape index (κ3) is 4.24. The number of aromatic nitrogens is 3. The van der Waals surface area contributed by atoms with Crippen LogP contribution in [0.1, 0.15) is 21.6 Å². The molecule has 0 aliphatic carbocycles. The molecule has 1 N–H and O–H groups in total. The topological polar surface area (TPSA) is 59.8 Å². The van der Waals surface area contributed by atoms with Gasteiger partial charge in [-0.15, -0.1) is 11.3 Å².